The Bertz CT molecular complexity index is 810. The van der Waals surface area contributed by atoms with Crippen molar-refractivity contribution >= 4 is 17.6 Å². The van der Waals surface area contributed by atoms with Crippen LogP contribution in [0.1, 0.15) is 38.7 Å². The number of nitrogens with one attached hydrogen (secondary N) is 2. The maximum Gasteiger partial charge on any atom is 0.326 e. The van der Waals surface area contributed by atoms with Crippen LogP contribution in [0, 0.1) is 5.92 Å². The molecule has 0 spiro atoms. The summed E-state index contributed by atoms with van der Waals surface area (Å²) in [6.45, 7) is 1.19. The summed E-state index contributed by atoms with van der Waals surface area (Å²) in [6, 6.07) is 5.92. The Morgan fingerprint density at radius 3 is 2.43 bits per heavy atom. The molecule has 0 radical (unpaired) electrons. The van der Waals surface area contributed by atoms with Gasteiger partial charge in [-0.1, -0.05) is 25.1 Å². The Hall–Kier alpha value is -2.65. The zero-order chi connectivity index (χ0) is 22.7. The minimum absolute atomic E-state index is 0.0368. The molecular weight excluding hydrogens is 408 g/mol. The molecule has 0 saturated carbocycles. The molecule has 6 nitrogen and oxygen atoms in total. The highest BCUT2D eigenvalue weighted by molar-refractivity contribution is 6.02. The number of ether oxygens (including phenoxy) is 1. The van der Waals surface area contributed by atoms with Crippen LogP contribution in [-0.2, 0) is 14.4 Å². The number of amides is 2. The topological polar surface area (TPSA) is 84.5 Å². The first kappa shape index (κ1) is 23.6. The van der Waals surface area contributed by atoms with E-state index in [2.05, 4.69) is 5.32 Å². The molecular formula is C20H24F4N2O4. The van der Waals surface area contributed by atoms with Gasteiger partial charge in [0.2, 0.25) is 11.8 Å². The molecule has 0 fully saturated rings. The lowest BCUT2D eigenvalue weighted by molar-refractivity contribution is -0.194. The quantitative estimate of drug-likeness (QED) is 0.513. The van der Waals surface area contributed by atoms with Crippen LogP contribution in [0.4, 0.5) is 17.6 Å². The fourth-order valence-corrected chi connectivity index (χ4v) is 3.01. The number of halogens is 4. The van der Waals surface area contributed by atoms with Crippen molar-refractivity contribution in [3.63, 3.8) is 0 Å². The number of alkyl halides is 4. The molecule has 2 N–H and O–H groups in total. The number of benzene rings is 1. The zero-order valence-electron chi connectivity index (χ0n) is 16.8. The monoisotopic (exact) mass is 432 g/mol. The van der Waals surface area contributed by atoms with Crippen molar-refractivity contribution in [1.82, 2.24) is 10.6 Å². The highest BCUT2D eigenvalue weighted by Crippen LogP contribution is 2.34. The second-order valence-electron chi connectivity index (χ2n) is 7.31. The number of rotatable bonds is 7. The van der Waals surface area contributed by atoms with Gasteiger partial charge in [-0.05, 0) is 19.4 Å². The van der Waals surface area contributed by atoms with Crippen molar-refractivity contribution in [3.05, 3.63) is 29.8 Å². The van der Waals surface area contributed by atoms with Gasteiger partial charge in [-0.3, -0.25) is 14.4 Å². The number of Topliss-reactive ketones (excluding diaryl/α,β-unsaturated/α-hetero) is 1. The highest BCUT2D eigenvalue weighted by Gasteiger charge is 2.52. The number of fused-ring (bicyclic) bond motifs is 1. The Morgan fingerprint density at radius 1 is 1.20 bits per heavy atom. The summed E-state index contributed by atoms with van der Waals surface area (Å²) in [7, 11) is 0. The molecule has 30 heavy (non-hydrogen) atoms. The number of carbonyl (C=O) groups is 3. The third kappa shape index (κ3) is 5.09. The summed E-state index contributed by atoms with van der Waals surface area (Å²) in [5, 5.41) is 4.06. The predicted molar refractivity (Wildman–Crippen MR) is 99.6 cm³/mol. The first-order valence-corrected chi connectivity index (χ1v) is 9.48. The average molecular weight is 432 g/mol. The molecule has 2 rings (SSSR count). The second-order valence-corrected chi connectivity index (χ2v) is 7.31. The molecule has 3 atom stereocenters. The molecule has 1 aromatic carbocycles. The Balaban J connectivity index is 2.03. The van der Waals surface area contributed by atoms with E-state index in [-0.39, 0.29) is 19.3 Å². The van der Waals surface area contributed by atoms with E-state index in [1.807, 2.05) is 6.92 Å². The summed E-state index contributed by atoms with van der Waals surface area (Å²) in [5.74, 6) is -12.7. The van der Waals surface area contributed by atoms with Gasteiger partial charge >= 0.3 is 11.8 Å². The van der Waals surface area contributed by atoms with Gasteiger partial charge in [0, 0.05) is 18.4 Å². The highest BCUT2D eigenvalue weighted by atomic mass is 19.3. The van der Waals surface area contributed by atoms with Crippen LogP contribution < -0.4 is 15.4 Å². The number of para-hydroxylation sites is 1. The first-order chi connectivity index (χ1) is 13.9. The Kier molecular flexibility index (Phi) is 7.10. The largest absolute Gasteiger partial charge is 0.491 e. The maximum absolute atomic E-state index is 13.3. The Labute approximate surface area is 171 Å². The fraction of sp³-hybridized carbons (Fsp3) is 0.550. The smallest absolute Gasteiger partial charge is 0.326 e. The minimum Gasteiger partial charge on any atom is -0.491 e. The second kappa shape index (κ2) is 9.01. The number of hydrogen-bond acceptors (Lipinski definition) is 4. The first-order valence-electron chi connectivity index (χ1n) is 9.48. The van der Waals surface area contributed by atoms with Gasteiger partial charge < -0.3 is 15.4 Å². The molecule has 166 valence electrons. The van der Waals surface area contributed by atoms with E-state index in [0.29, 0.717) is 17.7 Å². The zero-order valence-corrected chi connectivity index (χ0v) is 16.8. The molecule has 0 bridgehead atoms. The van der Waals surface area contributed by atoms with Crippen LogP contribution in [0.5, 0.6) is 5.75 Å². The van der Waals surface area contributed by atoms with E-state index in [1.165, 1.54) is 0 Å². The van der Waals surface area contributed by atoms with Crippen molar-refractivity contribution in [2.45, 2.75) is 51.0 Å². The van der Waals surface area contributed by atoms with Gasteiger partial charge in [0.1, 0.15) is 24.3 Å². The molecule has 1 aliphatic heterocycles. The van der Waals surface area contributed by atoms with E-state index in [1.54, 1.807) is 29.6 Å². The summed E-state index contributed by atoms with van der Waals surface area (Å²) in [5.41, 5.74) is 0.690. The van der Waals surface area contributed by atoms with E-state index in [0.717, 1.165) is 6.92 Å². The van der Waals surface area contributed by atoms with Crippen LogP contribution in [0.3, 0.4) is 0 Å². The van der Waals surface area contributed by atoms with E-state index in [9.17, 15) is 31.9 Å². The average Bonchev–Trinajstić information content (AvgIpc) is 2.81. The van der Waals surface area contributed by atoms with E-state index in [4.69, 9.17) is 4.74 Å². The van der Waals surface area contributed by atoms with Gasteiger partial charge in [0.25, 0.3) is 0 Å². The SMILES string of the molecule is CCC1C(=O)[C@@H](NC(=O)C(C)C(=O)NCC(F)(F)C(C)(F)F)COc2ccccc21. The lowest BCUT2D eigenvalue weighted by Crippen LogP contribution is -2.52. The number of carbonyl (C=O) groups excluding carboxylic acids is 3. The normalized spacial score (nSPS) is 20.4. The standard InChI is InChI=1S/C20H24F4N2O4/c1-4-12-13-7-5-6-8-15(13)30-9-14(16(12)27)26-18(29)11(2)17(28)25-10-20(23,24)19(3,21)22/h5-8,11-12,14H,4,9-10H2,1-3H3,(H,25,28)(H,26,29)/t11?,12?,14-/m0/s1. The molecule has 10 heteroatoms. The molecule has 0 saturated heterocycles. The third-order valence-corrected chi connectivity index (χ3v) is 5.03. The third-order valence-electron chi connectivity index (χ3n) is 5.03. The predicted octanol–water partition coefficient (Wildman–Crippen LogP) is 2.67. The van der Waals surface area contributed by atoms with Gasteiger partial charge in [0.05, 0.1) is 6.54 Å². The van der Waals surface area contributed by atoms with Crippen molar-refractivity contribution in [3.8, 4) is 5.75 Å². The Morgan fingerprint density at radius 2 is 1.83 bits per heavy atom. The van der Waals surface area contributed by atoms with E-state index < -0.39 is 48.1 Å². The lowest BCUT2D eigenvalue weighted by atomic mass is 9.89. The summed E-state index contributed by atoms with van der Waals surface area (Å²) >= 11 is 0. The molecule has 1 aliphatic rings. The van der Waals surface area contributed by atoms with Crippen LogP contribution in [-0.4, -0.2) is 48.6 Å². The van der Waals surface area contributed by atoms with Crippen LogP contribution in [0.2, 0.25) is 0 Å². The molecule has 0 aromatic heterocycles. The molecule has 1 heterocycles. The van der Waals surface area contributed by atoms with Crippen molar-refractivity contribution in [2.24, 2.45) is 5.92 Å². The summed E-state index contributed by atoms with van der Waals surface area (Å²) in [6.07, 6.45) is 0.460. The fourth-order valence-electron chi connectivity index (χ4n) is 3.01. The molecule has 1 aromatic rings. The minimum atomic E-state index is -4.47. The van der Waals surface area contributed by atoms with Gasteiger partial charge in [-0.25, -0.2) is 8.78 Å². The number of hydrogen-bond donors (Lipinski definition) is 2. The molecule has 0 aliphatic carbocycles. The lowest BCUT2D eigenvalue weighted by Gasteiger charge is -2.24. The van der Waals surface area contributed by atoms with Gasteiger partial charge in [0.15, 0.2) is 5.78 Å². The molecule has 2 amide bonds. The van der Waals surface area contributed by atoms with Crippen LogP contribution in [0.25, 0.3) is 0 Å². The maximum atomic E-state index is 13.3. The van der Waals surface area contributed by atoms with Crippen LogP contribution >= 0.6 is 0 Å². The van der Waals surface area contributed by atoms with Crippen molar-refractivity contribution in [1.29, 1.82) is 0 Å². The summed E-state index contributed by atoms with van der Waals surface area (Å²) < 4.78 is 57.9. The van der Waals surface area contributed by atoms with E-state index >= 15 is 0 Å². The van der Waals surface area contributed by atoms with Crippen LogP contribution in [0.15, 0.2) is 24.3 Å². The molecule has 2 unspecified atom stereocenters. The number of ketones is 1. The van der Waals surface area contributed by atoms with Gasteiger partial charge in [-0.2, -0.15) is 8.78 Å². The van der Waals surface area contributed by atoms with Crippen molar-refractivity contribution in [2.75, 3.05) is 13.2 Å². The van der Waals surface area contributed by atoms with Crippen molar-refractivity contribution < 1.29 is 36.7 Å². The van der Waals surface area contributed by atoms with Gasteiger partial charge in [-0.15, -0.1) is 0 Å². The summed E-state index contributed by atoms with van der Waals surface area (Å²) in [4.78, 5) is 37.2.